The van der Waals surface area contributed by atoms with Gasteiger partial charge in [0.1, 0.15) is 12.4 Å². The maximum atomic E-state index is 13.3. The van der Waals surface area contributed by atoms with Crippen molar-refractivity contribution in [3.05, 3.63) is 71.8 Å². The highest BCUT2D eigenvalue weighted by molar-refractivity contribution is 6.06. The molecule has 0 aromatic heterocycles. The number of carbonyl (C=O) groups excluding carboxylic acids is 1. The Balaban J connectivity index is 1.39. The first-order chi connectivity index (χ1) is 14.2. The summed E-state index contributed by atoms with van der Waals surface area (Å²) in [5, 5.41) is 2.19. The molecule has 1 fully saturated rings. The van der Waals surface area contributed by atoms with Gasteiger partial charge >= 0.3 is 0 Å². The molecule has 5 nitrogen and oxygen atoms in total. The smallest absolute Gasteiger partial charge is 0.292 e. The Morgan fingerprint density at radius 2 is 1.83 bits per heavy atom. The van der Waals surface area contributed by atoms with Crippen molar-refractivity contribution >= 4 is 22.4 Å². The lowest BCUT2D eigenvalue weighted by molar-refractivity contribution is -0.256. The quantitative estimate of drug-likeness (QED) is 0.672. The Bertz CT molecular complexity index is 1070. The van der Waals surface area contributed by atoms with Gasteiger partial charge < -0.3 is 19.1 Å². The SMILES string of the molecule is Cc1ccc2c(c1)C1(OCCCO1)C(=O)N2CCOc1cccc2ccccc12. The molecule has 0 radical (unpaired) electrons. The van der Waals surface area contributed by atoms with Gasteiger partial charge in [0.2, 0.25) is 0 Å². The Labute approximate surface area is 169 Å². The summed E-state index contributed by atoms with van der Waals surface area (Å²) in [6, 6.07) is 20.1. The summed E-state index contributed by atoms with van der Waals surface area (Å²) in [6.45, 7) is 3.84. The van der Waals surface area contributed by atoms with Crippen molar-refractivity contribution in [2.24, 2.45) is 0 Å². The van der Waals surface area contributed by atoms with Crippen LogP contribution in [0.25, 0.3) is 10.8 Å². The highest BCUT2D eigenvalue weighted by Gasteiger charge is 2.54. The predicted octanol–water partition coefficient (Wildman–Crippen LogP) is 4.16. The van der Waals surface area contributed by atoms with Crippen molar-refractivity contribution < 1.29 is 19.0 Å². The Kier molecular flexibility index (Phi) is 4.49. The number of hydrogen-bond donors (Lipinski definition) is 0. The summed E-state index contributed by atoms with van der Waals surface area (Å²) in [7, 11) is 0. The number of benzene rings is 3. The lowest BCUT2D eigenvalue weighted by Crippen LogP contribution is -2.48. The third kappa shape index (κ3) is 2.98. The second kappa shape index (κ2) is 7.17. The minimum absolute atomic E-state index is 0.167. The van der Waals surface area contributed by atoms with E-state index in [1.807, 2.05) is 55.5 Å². The van der Waals surface area contributed by atoms with Gasteiger partial charge in [0.25, 0.3) is 11.7 Å². The molecule has 2 heterocycles. The van der Waals surface area contributed by atoms with Crippen molar-refractivity contribution in [3.63, 3.8) is 0 Å². The highest BCUT2D eigenvalue weighted by Crippen LogP contribution is 2.45. The van der Waals surface area contributed by atoms with Crippen LogP contribution in [0.4, 0.5) is 5.69 Å². The highest BCUT2D eigenvalue weighted by atomic mass is 16.7. The van der Waals surface area contributed by atoms with E-state index in [0.29, 0.717) is 26.4 Å². The van der Waals surface area contributed by atoms with Crippen molar-refractivity contribution in [2.75, 3.05) is 31.3 Å². The van der Waals surface area contributed by atoms with Gasteiger partial charge in [-0.05, 0) is 36.9 Å². The first-order valence-electron chi connectivity index (χ1n) is 10.0. The molecule has 0 atom stereocenters. The molecule has 5 heteroatoms. The molecule has 1 amide bonds. The van der Waals surface area contributed by atoms with Crippen LogP contribution >= 0.6 is 0 Å². The van der Waals surface area contributed by atoms with Crippen LogP contribution in [0.15, 0.2) is 60.7 Å². The van der Waals surface area contributed by atoms with E-state index >= 15 is 0 Å². The molecule has 0 N–H and O–H groups in total. The molecule has 2 aliphatic rings. The van der Waals surface area contributed by atoms with E-state index in [9.17, 15) is 4.79 Å². The van der Waals surface area contributed by atoms with Crippen LogP contribution in [0.5, 0.6) is 5.75 Å². The Hall–Kier alpha value is -2.89. The zero-order valence-electron chi connectivity index (χ0n) is 16.4. The Morgan fingerprint density at radius 1 is 1.03 bits per heavy atom. The van der Waals surface area contributed by atoms with Crippen molar-refractivity contribution in [1.29, 1.82) is 0 Å². The summed E-state index contributed by atoms with van der Waals surface area (Å²) in [4.78, 5) is 15.1. The zero-order chi connectivity index (χ0) is 19.8. The fourth-order valence-corrected chi connectivity index (χ4v) is 4.15. The van der Waals surface area contributed by atoms with Gasteiger partial charge in [-0.1, -0.05) is 48.0 Å². The number of carbonyl (C=O) groups is 1. The molecule has 2 aliphatic heterocycles. The topological polar surface area (TPSA) is 48.0 Å². The summed E-state index contributed by atoms with van der Waals surface area (Å²) in [5.74, 6) is -0.656. The molecule has 0 saturated carbocycles. The van der Waals surface area contributed by atoms with Gasteiger partial charge in [-0.3, -0.25) is 4.79 Å². The molecule has 148 valence electrons. The summed E-state index contributed by atoms with van der Waals surface area (Å²) in [6.07, 6.45) is 0.792. The lowest BCUT2D eigenvalue weighted by Gasteiger charge is -2.32. The van der Waals surface area contributed by atoms with Gasteiger partial charge in [-0.25, -0.2) is 0 Å². The number of amides is 1. The first-order valence-corrected chi connectivity index (χ1v) is 10.0. The van der Waals surface area contributed by atoms with Crippen LogP contribution in [-0.4, -0.2) is 32.3 Å². The van der Waals surface area contributed by atoms with E-state index in [1.54, 1.807) is 4.90 Å². The number of ether oxygens (including phenoxy) is 3. The maximum Gasteiger partial charge on any atom is 0.292 e. The van der Waals surface area contributed by atoms with Crippen molar-refractivity contribution in [3.8, 4) is 5.75 Å². The van der Waals surface area contributed by atoms with E-state index in [-0.39, 0.29) is 5.91 Å². The van der Waals surface area contributed by atoms with Crippen LogP contribution in [-0.2, 0) is 20.1 Å². The van der Waals surface area contributed by atoms with Gasteiger partial charge in [0.05, 0.1) is 25.4 Å². The van der Waals surface area contributed by atoms with E-state index in [4.69, 9.17) is 14.2 Å². The van der Waals surface area contributed by atoms with Gasteiger partial charge in [0, 0.05) is 10.9 Å². The molecule has 1 saturated heterocycles. The van der Waals surface area contributed by atoms with E-state index < -0.39 is 5.79 Å². The van der Waals surface area contributed by atoms with Gasteiger partial charge in [-0.15, -0.1) is 0 Å². The van der Waals surface area contributed by atoms with E-state index in [0.717, 1.165) is 39.8 Å². The normalized spacial score (nSPS) is 17.7. The summed E-state index contributed by atoms with van der Waals surface area (Å²) in [5.41, 5.74) is 2.71. The Morgan fingerprint density at radius 3 is 2.69 bits per heavy atom. The van der Waals surface area contributed by atoms with Gasteiger partial charge in [-0.2, -0.15) is 0 Å². The summed E-state index contributed by atoms with van der Waals surface area (Å²) < 4.78 is 17.9. The van der Waals surface area contributed by atoms with E-state index in [1.165, 1.54) is 0 Å². The second-order valence-corrected chi connectivity index (χ2v) is 7.47. The summed E-state index contributed by atoms with van der Waals surface area (Å²) >= 11 is 0. The molecular weight excluding hydrogens is 366 g/mol. The van der Waals surface area contributed by atoms with Crippen molar-refractivity contribution in [1.82, 2.24) is 0 Å². The van der Waals surface area contributed by atoms with E-state index in [2.05, 4.69) is 12.1 Å². The lowest BCUT2D eigenvalue weighted by atomic mass is 10.0. The second-order valence-electron chi connectivity index (χ2n) is 7.47. The number of rotatable bonds is 4. The first kappa shape index (κ1) is 18.2. The average Bonchev–Trinajstić information content (AvgIpc) is 2.97. The number of nitrogens with zero attached hydrogens (tertiary/aromatic N) is 1. The third-order valence-corrected chi connectivity index (χ3v) is 5.55. The number of anilines is 1. The van der Waals surface area contributed by atoms with Crippen LogP contribution in [0, 0.1) is 6.92 Å². The predicted molar refractivity (Wildman–Crippen MR) is 111 cm³/mol. The maximum absolute atomic E-state index is 13.3. The molecular formula is C24H23NO4. The third-order valence-electron chi connectivity index (χ3n) is 5.55. The zero-order valence-corrected chi connectivity index (χ0v) is 16.4. The van der Waals surface area contributed by atoms with Crippen LogP contribution in [0.2, 0.25) is 0 Å². The van der Waals surface area contributed by atoms with Crippen LogP contribution in [0.1, 0.15) is 17.5 Å². The molecule has 3 aromatic rings. The minimum atomic E-state index is -1.31. The average molecular weight is 389 g/mol. The number of hydrogen-bond acceptors (Lipinski definition) is 4. The standard InChI is InChI=1S/C24H23NO4/c1-17-10-11-21-20(16-17)24(28-13-5-14-29-24)23(26)25(21)12-15-27-22-9-4-7-18-6-2-3-8-19(18)22/h2-4,6-11,16H,5,12-15H2,1H3. The monoisotopic (exact) mass is 389 g/mol. The minimum Gasteiger partial charge on any atom is -0.491 e. The molecule has 1 spiro atoms. The van der Waals surface area contributed by atoms with Crippen LogP contribution in [0.3, 0.4) is 0 Å². The van der Waals surface area contributed by atoms with Crippen molar-refractivity contribution in [2.45, 2.75) is 19.1 Å². The number of fused-ring (bicyclic) bond motifs is 3. The fourth-order valence-electron chi connectivity index (χ4n) is 4.15. The number of aryl methyl sites for hydroxylation is 1. The fraction of sp³-hybridized carbons (Fsp3) is 0.292. The molecule has 3 aromatic carbocycles. The molecule has 0 aliphatic carbocycles. The van der Waals surface area contributed by atoms with Crippen LogP contribution < -0.4 is 9.64 Å². The largest absolute Gasteiger partial charge is 0.491 e. The molecule has 5 rings (SSSR count). The molecule has 0 unspecified atom stereocenters. The molecule has 0 bridgehead atoms. The molecule has 29 heavy (non-hydrogen) atoms. The van der Waals surface area contributed by atoms with Gasteiger partial charge in [0.15, 0.2) is 0 Å².